The van der Waals surface area contributed by atoms with Crippen LogP contribution in [0.3, 0.4) is 0 Å². The van der Waals surface area contributed by atoms with E-state index in [-0.39, 0.29) is 5.92 Å². The summed E-state index contributed by atoms with van der Waals surface area (Å²) in [6.45, 7) is 2.59. The molecule has 3 rings (SSSR count). The monoisotopic (exact) mass is 364 g/mol. The van der Waals surface area contributed by atoms with Gasteiger partial charge in [-0.3, -0.25) is 4.79 Å². The molecule has 1 aromatic carbocycles. The Hall–Kier alpha value is -1.59. The fourth-order valence-corrected chi connectivity index (χ4v) is 4.03. The molecule has 25 heavy (non-hydrogen) atoms. The minimum atomic E-state index is -0.533. The first-order valence-electron chi connectivity index (χ1n) is 9.12. The van der Waals surface area contributed by atoms with Crippen LogP contribution in [-0.2, 0) is 9.53 Å². The van der Waals surface area contributed by atoms with Crippen LogP contribution >= 0.6 is 11.6 Å². The quantitative estimate of drug-likeness (QED) is 0.658. The van der Waals surface area contributed by atoms with Gasteiger partial charge in [-0.25, -0.2) is 4.79 Å². The van der Waals surface area contributed by atoms with Gasteiger partial charge in [-0.2, -0.15) is 0 Å². The normalized spacial score (nSPS) is 20.1. The number of nitrogens with zero attached hydrogens (tertiary/aromatic N) is 1. The third kappa shape index (κ3) is 4.73. The molecule has 1 atom stereocenters. The second-order valence-electron chi connectivity index (χ2n) is 6.85. The number of halogens is 1. The van der Waals surface area contributed by atoms with Crippen molar-refractivity contribution in [2.24, 2.45) is 5.92 Å². The second-order valence-corrected chi connectivity index (χ2v) is 7.29. The van der Waals surface area contributed by atoms with Gasteiger partial charge in [0.2, 0.25) is 0 Å². The van der Waals surface area contributed by atoms with Gasteiger partial charge in [-0.05, 0) is 36.5 Å². The zero-order chi connectivity index (χ0) is 17.6. The molecule has 1 aliphatic carbocycles. The first-order chi connectivity index (χ1) is 12.1. The van der Waals surface area contributed by atoms with Crippen molar-refractivity contribution in [2.75, 3.05) is 26.2 Å². The van der Waals surface area contributed by atoms with Gasteiger partial charge in [0.25, 0.3) is 0 Å². The van der Waals surface area contributed by atoms with Gasteiger partial charge in [0.1, 0.15) is 0 Å². The van der Waals surface area contributed by atoms with E-state index in [1.807, 2.05) is 18.2 Å². The highest BCUT2D eigenvalue weighted by atomic mass is 35.5. The van der Waals surface area contributed by atoms with E-state index in [2.05, 4.69) is 5.32 Å². The Morgan fingerprint density at radius 3 is 2.56 bits per heavy atom. The standard InChI is InChI=1S/C19H25ClN2O3/c20-16-8-4-7-15(13-16)17(14-5-2-1-3-6-14)18(23)25-19(24)22-11-9-21-10-12-22/h4,7-8,13-14,17,21H,1-3,5-6,9-12H2. The number of rotatable bonds is 3. The first-order valence-corrected chi connectivity index (χ1v) is 9.50. The lowest BCUT2D eigenvalue weighted by Crippen LogP contribution is -2.47. The van der Waals surface area contributed by atoms with E-state index in [1.54, 1.807) is 11.0 Å². The van der Waals surface area contributed by atoms with Gasteiger partial charge >= 0.3 is 12.1 Å². The highest BCUT2D eigenvalue weighted by Crippen LogP contribution is 2.37. The number of esters is 1. The Morgan fingerprint density at radius 2 is 1.88 bits per heavy atom. The molecule has 1 N–H and O–H groups in total. The van der Waals surface area contributed by atoms with Crippen molar-refractivity contribution in [1.82, 2.24) is 10.2 Å². The van der Waals surface area contributed by atoms with Crippen LogP contribution in [0, 0.1) is 5.92 Å². The average Bonchev–Trinajstić information content (AvgIpc) is 2.63. The molecule has 1 saturated heterocycles. The Kier molecular flexibility index (Phi) is 6.32. The number of carbonyl (C=O) groups excluding carboxylic acids is 2. The van der Waals surface area contributed by atoms with E-state index >= 15 is 0 Å². The molecule has 2 fully saturated rings. The van der Waals surface area contributed by atoms with Gasteiger partial charge in [0.05, 0.1) is 5.92 Å². The number of carbonyl (C=O) groups is 2. The smallest absolute Gasteiger partial charge is 0.376 e. The minimum Gasteiger partial charge on any atom is -0.376 e. The summed E-state index contributed by atoms with van der Waals surface area (Å²) in [6.07, 6.45) is 4.85. The maximum absolute atomic E-state index is 12.9. The number of ether oxygens (including phenoxy) is 1. The minimum absolute atomic E-state index is 0.204. The summed E-state index contributed by atoms with van der Waals surface area (Å²) in [5.74, 6) is -0.667. The Balaban J connectivity index is 1.75. The van der Waals surface area contributed by atoms with Crippen LogP contribution in [0.15, 0.2) is 24.3 Å². The summed E-state index contributed by atoms with van der Waals surface area (Å²) in [5.41, 5.74) is 0.845. The highest BCUT2D eigenvalue weighted by molar-refractivity contribution is 6.30. The molecule has 0 spiro atoms. The van der Waals surface area contributed by atoms with Gasteiger partial charge in [0, 0.05) is 31.2 Å². The predicted molar refractivity (Wildman–Crippen MR) is 96.7 cm³/mol. The molecule has 1 heterocycles. The second kappa shape index (κ2) is 8.68. The fourth-order valence-electron chi connectivity index (χ4n) is 3.83. The summed E-state index contributed by atoms with van der Waals surface area (Å²) in [5, 5.41) is 3.78. The summed E-state index contributed by atoms with van der Waals surface area (Å²) in [6, 6.07) is 7.36. The van der Waals surface area contributed by atoms with Crippen LogP contribution in [0.4, 0.5) is 4.79 Å². The van der Waals surface area contributed by atoms with Gasteiger partial charge in [0.15, 0.2) is 0 Å². The van der Waals surface area contributed by atoms with Crippen LogP contribution in [-0.4, -0.2) is 43.1 Å². The molecular weight excluding hydrogens is 340 g/mol. The number of nitrogens with one attached hydrogen (secondary N) is 1. The predicted octanol–water partition coefficient (Wildman–Crippen LogP) is 3.57. The molecule has 1 unspecified atom stereocenters. The summed E-state index contributed by atoms with van der Waals surface area (Å²) in [7, 11) is 0. The number of hydrogen-bond acceptors (Lipinski definition) is 4. The molecule has 136 valence electrons. The molecule has 2 aliphatic rings. The molecule has 1 aromatic rings. The molecule has 1 saturated carbocycles. The molecule has 1 amide bonds. The van der Waals surface area contributed by atoms with Gasteiger partial charge in [-0.15, -0.1) is 0 Å². The third-order valence-electron chi connectivity index (χ3n) is 5.15. The average molecular weight is 365 g/mol. The van der Waals surface area contributed by atoms with Crippen LogP contribution in [0.25, 0.3) is 0 Å². The zero-order valence-electron chi connectivity index (χ0n) is 14.4. The first kappa shape index (κ1) is 18.2. The van der Waals surface area contributed by atoms with E-state index in [0.717, 1.165) is 44.3 Å². The van der Waals surface area contributed by atoms with Gasteiger partial charge in [-0.1, -0.05) is 43.0 Å². The summed E-state index contributed by atoms with van der Waals surface area (Å²) < 4.78 is 5.28. The maximum Gasteiger partial charge on any atom is 0.417 e. The molecule has 0 bridgehead atoms. The molecule has 0 aromatic heterocycles. The number of piperazine rings is 1. The highest BCUT2D eigenvalue weighted by Gasteiger charge is 2.34. The lowest BCUT2D eigenvalue weighted by atomic mass is 9.77. The number of amides is 1. The number of benzene rings is 1. The van der Waals surface area contributed by atoms with Crippen LogP contribution in [0.2, 0.25) is 5.02 Å². The van der Waals surface area contributed by atoms with E-state index in [1.165, 1.54) is 6.42 Å². The van der Waals surface area contributed by atoms with Crippen molar-refractivity contribution in [1.29, 1.82) is 0 Å². The van der Waals surface area contributed by atoms with Crippen molar-refractivity contribution in [3.05, 3.63) is 34.9 Å². The third-order valence-corrected chi connectivity index (χ3v) is 5.38. The Morgan fingerprint density at radius 1 is 1.16 bits per heavy atom. The lowest BCUT2D eigenvalue weighted by Gasteiger charge is -2.30. The lowest BCUT2D eigenvalue weighted by molar-refractivity contribution is -0.142. The SMILES string of the molecule is O=C(OC(=O)N1CCNCC1)C(c1cccc(Cl)c1)C1CCCCC1. The summed E-state index contributed by atoms with van der Waals surface area (Å²) in [4.78, 5) is 26.8. The van der Waals surface area contributed by atoms with E-state index < -0.39 is 18.0 Å². The van der Waals surface area contributed by atoms with Crippen LogP contribution in [0.5, 0.6) is 0 Å². The van der Waals surface area contributed by atoms with Crippen LogP contribution in [0.1, 0.15) is 43.6 Å². The molecule has 6 heteroatoms. The topological polar surface area (TPSA) is 58.6 Å². The van der Waals surface area contributed by atoms with E-state index in [9.17, 15) is 9.59 Å². The summed E-state index contributed by atoms with van der Waals surface area (Å²) >= 11 is 6.13. The van der Waals surface area contributed by atoms with E-state index in [4.69, 9.17) is 16.3 Å². The van der Waals surface area contributed by atoms with Crippen molar-refractivity contribution in [3.8, 4) is 0 Å². The van der Waals surface area contributed by atoms with Crippen LogP contribution < -0.4 is 5.32 Å². The maximum atomic E-state index is 12.9. The van der Waals surface area contributed by atoms with Crippen molar-refractivity contribution in [2.45, 2.75) is 38.0 Å². The number of hydrogen-bond donors (Lipinski definition) is 1. The van der Waals surface area contributed by atoms with E-state index in [0.29, 0.717) is 18.1 Å². The zero-order valence-corrected chi connectivity index (χ0v) is 15.1. The largest absolute Gasteiger partial charge is 0.417 e. The molecule has 0 radical (unpaired) electrons. The molecule has 5 nitrogen and oxygen atoms in total. The van der Waals surface area contributed by atoms with Crippen molar-refractivity contribution < 1.29 is 14.3 Å². The molecule has 1 aliphatic heterocycles. The molecular formula is C19H25ClN2O3. The van der Waals surface area contributed by atoms with Crippen molar-refractivity contribution in [3.63, 3.8) is 0 Å². The fraction of sp³-hybridized carbons (Fsp3) is 0.579. The van der Waals surface area contributed by atoms with Gasteiger partial charge < -0.3 is 15.0 Å². The van der Waals surface area contributed by atoms with Crippen molar-refractivity contribution >= 4 is 23.7 Å². The Bertz CT molecular complexity index is 610. The Labute approximate surface area is 153 Å².